The quantitative estimate of drug-likeness (QED) is 0.840. The molecule has 2 rings (SSSR count). The van der Waals surface area contributed by atoms with Crippen molar-refractivity contribution in [3.63, 3.8) is 0 Å². The number of aromatic carboxylic acids is 1. The lowest BCUT2D eigenvalue weighted by atomic mass is 10.2. The van der Waals surface area contributed by atoms with Crippen LogP contribution in [0.25, 0.3) is 0 Å². The summed E-state index contributed by atoms with van der Waals surface area (Å²) in [5.74, 6) is -0.921. The van der Waals surface area contributed by atoms with Gasteiger partial charge in [-0.2, -0.15) is 4.37 Å². The molecule has 1 N–H and O–H groups in total. The van der Waals surface area contributed by atoms with Crippen LogP contribution in [-0.4, -0.2) is 28.5 Å². The minimum absolute atomic E-state index is 0.210. The van der Waals surface area contributed by atoms with Crippen LogP contribution in [0.1, 0.15) is 36.2 Å². The Morgan fingerprint density at radius 2 is 2.00 bits per heavy atom. The van der Waals surface area contributed by atoms with Crippen molar-refractivity contribution in [1.82, 2.24) is 4.37 Å². The number of carboxylic acid groups (broad SMARTS) is 1. The molecule has 0 bridgehead atoms. The minimum Gasteiger partial charge on any atom is -0.476 e. The summed E-state index contributed by atoms with van der Waals surface area (Å²) < 4.78 is 3.92. The van der Waals surface area contributed by atoms with E-state index in [1.54, 1.807) is 0 Å². The summed E-state index contributed by atoms with van der Waals surface area (Å²) in [6.07, 6.45) is 4.79. The largest absolute Gasteiger partial charge is 0.476 e. The first-order valence-electron chi connectivity index (χ1n) is 5.21. The van der Waals surface area contributed by atoms with Crippen molar-refractivity contribution >= 4 is 23.2 Å². The Labute approximate surface area is 92.7 Å². The standard InChI is InChI=1S/C10H14N2O2S/c13-10(14)9-8(7-15-11-9)12-5-3-1-2-4-6-12/h7H,1-6H2,(H,13,14). The van der Waals surface area contributed by atoms with Gasteiger partial charge in [0, 0.05) is 18.5 Å². The molecule has 1 aromatic rings. The van der Waals surface area contributed by atoms with Crippen LogP contribution in [0.15, 0.2) is 5.38 Å². The lowest BCUT2D eigenvalue weighted by Gasteiger charge is -2.21. The van der Waals surface area contributed by atoms with Crippen molar-refractivity contribution in [2.45, 2.75) is 25.7 Å². The lowest BCUT2D eigenvalue weighted by Crippen LogP contribution is -2.25. The first kappa shape index (κ1) is 10.4. The average molecular weight is 226 g/mol. The normalized spacial score (nSPS) is 17.5. The van der Waals surface area contributed by atoms with Crippen molar-refractivity contribution in [2.75, 3.05) is 18.0 Å². The highest BCUT2D eigenvalue weighted by Gasteiger charge is 2.19. The summed E-state index contributed by atoms with van der Waals surface area (Å²) in [6, 6.07) is 0. The monoisotopic (exact) mass is 226 g/mol. The molecule has 0 atom stereocenters. The van der Waals surface area contributed by atoms with E-state index in [1.165, 1.54) is 24.4 Å². The van der Waals surface area contributed by atoms with Crippen LogP contribution >= 0.6 is 11.5 Å². The minimum atomic E-state index is -0.921. The zero-order valence-electron chi connectivity index (χ0n) is 8.48. The Hall–Kier alpha value is -1.10. The van der Waals surface area contributed by atoms with E-state index >= 15 is 0 Å². The van der Waals surface area contributed by atoms with Crippen molar-refractivity contribution < 1.29 is 9.90 Å². The molecule has 2 heterocycles. The molecule has 0 spiro atoms. The molecule has 1 fully saturated rings. The summed E-state index contributed by atoms with van der Waals surface area (Å²) in [4.78, 5) is 13.1. The molecule has 1 aromatic heterocycles. The summed E-state index contributed by atoms with van der Waals surface area (Å²) in [5.41, 5.74) is 1.01. The van der Waals surface area contributed by atoms with E-state index in [2.05, 4.69) is 9.27 Å². The lowest BCUT2D eigenvalue weighted by molar-refractivity contribution is 0.0692. The highest BCUT2D eigenvalue weighted by molar-refractivity contribution is 7.04. The SMILES string of the molecule is O=C(O)c1nscc1N1CCCCCC1. The van der Waals surface area contributed by atoms with Crippen LogP contribution in [0.4, 0.5) is 5.69 Å². The zero-order valence-corrected chi connectivity index (χ0v) is 9.29. The van der Waals surface area contributed by atoms with Gasteiger partial charge in [-0.05, 0) is 24.4 Å². The summed E-state index contributed by atoms with van der Waals surface area (Å²) in [7, 11) is 0. The molecule has 0 amide bonds. The number of hydrogen-bond acceptors (Lipinski definition) is 4. The van der Waals surface area contributed by atoms with E-state index in [0.29, 0.717) is 0 Å². The van der Waals surface area contributed by atoms with Gasteiger partial charge in [-0.15, -0.1) is 0 Å². The molecule has 0 aromatic carbocycles. The summed E-state index contributed by atoms with van der Waals surface area (Å²) in [6.45, 7) is 1.91. The Bertz CT molecular complexity index is 343. The second-order valence-corrected chi connectivity index (χ2v) is 4.38. The van der Waals surface area contributed by atoms with Gasteiger partial charge < -0.3 is 10.0 Å². The smallest absolute Gasteiger partial charge is 0.357 e. The van der Waals surface area contributed by atoms with Crippen LogP contribution in [0.3, 0.4) is 0 Å². The third-order valence-corrected chi connectivity index (χ3v) is 3.32. The maximum Gasteiger partial charge on any atom is 0.357 e. The Kier molecular flexibility index (Phi) is 3.20. The number of rotatable bonds is 2. The molecule has 1 aliphatic heterocycles. The second kappa shape index (κ2) is 4.61. The van der Waals surface area contributed by atoms with E-state index < -0.39 is 5.97 Å². The predicted molar refractivity (Wildman–Crippen MR) is 59.8 cm³/mol. The molecule has 0 unspecified atom stereocenters. The van der Waals surface area contributed by atoms with E-state index in [0.717, 1.165) is 31.6 Å². The van der Waals surface area contributed by atoms with E-state index in [1.807, 2.05) is 5.38 Å². The maximum atomic E-state index is 10.9. The first-order chi connectivity index (χ1) is 7.29. The molecule has 0 saturated carbocycles. The van der Waals surface area contributed by atoms with Crippen molar-refractivity contribution in [3.05, 3.63) is 11.1 Å². The molecular weight excluding hydrogens is 212 g/mol. The van der Waals surface area contributed by atoms with Gasteiger partial charge in [0.25, 0.3) is 0 Å². The fourth-order valence-electron chi connectivity index (χ4n) is 1.92. The molecule has 1 saturated heterocycles. The fraction of sp³-hybridized carbons (Fsp3) is 0.600. The first-order valence-corrected chi connectivity index (χ1v) is 6.05. The van der Waals surface area contributed by atoms with Crippen LogP contribution < -0.4 is 4.90 Å². The number of aromatic nitrogens is 1. The van der Waals surface area contributed by atoms with Gasteiger partial charge in [0.2, 0.25) is 0 Å². The average Bonchev–Trinajstić information content (AvgIpc) is 2.55. The molecule has 1 aliphatic rings. The maximum absolute atomic E-state index is 10.9. The molecule has 5 heteroatoms. The van der Waals surface area contributed by atoms with Gasteiger partial charge in [-0.1, -0.05) is 12.8 Å². The number of nitrogens with zero attached hydrogens (tertiary/aromatic N) is 2. The third kappa shape index (κ3) is 2.28. The van der Waals surface area contributed by atoms with E-state index in [-0.39, 0.29) is 5.69 Å². The highest BCUT2D eigenvalue weighted by Crippen LogP contribution is 2.24. The Morgan fingerprint density at radius 3 is 2.60 bits per heavy atom. The topological polar surface area (TPSA) is 53.4 Å². The van der Waals surface area contributed by atoms with E-state index in [9.17, 15) is 4.79 Å². The van der Waals surface area contributed by atoms with Crippen molar-refractivity contribution in [1.29, 1.82) is 0 Å². The molecule has 15 heavy (non-hydrogen) atoms. The second-order valence-electron chi connectivity index (χ2n) is 3.75. The van der Waals surface area contributed by atoms with Gasteiger partial charge in [0.05, 0.1) is 5.69 Å². The number of carboxylic acids is 1. The van der Waals surface area contributed by atoms with Crippen LogP contribution in [-0.2, 0) is 0 Å². The van der Waals surface area contributed by atoms with Gasteiger partial charge in [-0.3, -0.25) is 0 Å². The Balaban J connectivity index is 2.19. The molecule has 0 aliphatic carbocycles. The number of hydrogen-bond donors (Lipinski definition) is 1. The third-order valence-electron chi connectivity index (χ3n) is 2.70. The van der Waals surface area contributed by atoms with Gasteiger partial charge in [-0.25, -0.2) is 4.79 Å². The molecule has 4 nitrogen and oxygen atoms in total. The predicted octanol–water partition coefficient (Wildman–Crippen LogP) is 2.22. The number of anilines is 1. The van der Waals surface area contributed by atoms with Gasteiger partial charge in [0.1, 0.15) is 0 Å². The van der Waals surface area contributed by atoms with Crippen LogP contribution in [0.2, 0.25) is 0 Å². The number of carbonyl (C=O) groups is 1. The molecule has 0 radical (unpaired) electrons. The van der Waals surface area contributed by atoms with Crippen molar-refractivity contribution in [3.8, 4) is 0 Å². The summed E-state index contributed by atoms with van der Waals surface area (Å²) >= 11 is 1.22. The Morgan fingerprint density at radius 1 is 1.33 bits per heavy atom. The van der Waals surface area contributed by atoms with E-state index in [4.69, 9.17) is 5.11 Å². The van der Waals surface area contributed by atoms with Crippen LogP contribution in [0.5, 0.6) is 0 Å². The van der Waals surface area contributed by atoms with Gasteiger partial charge >= 0.3 is 5.97 Å². The fourth-order valence-corrected chi connectivity index (χ4v) is 2.61. The molecule has 82 valence electrons. The van der Waals surface area contributed by atoms with Crippen molar-refractivity contribution in [2.24, 2.45) is 0 Å². The summed E-state index contributed by atoms with van der Waals surface area (Å²) in [5, 5.41) is 10.8. The molecular formula is C10H14N2O2S. The van der Waals surface area contributed by atoms with Gasteiger partial charge in [0.15, 0.2) is 5.69 Å². The zero-order chi connectivity index (χ0) is 10.7. The van der Waals surface area contributed by atoms with Crippen LogP contribution in [0, 0.1) is 0 Å². The highest BCUT2D eigenvalue weighted by atomic mass is 32.1.